The molecule has 0 bridgehead atoms. The van der Waals surface area contributed by atoms with Gasteiger partial charge in [0.25, 0.3) is 0 Å². The van der Waals surface area contributed by atoms with E-state index in [0.29, 0.717) is 12.8 Å². The molecule has 0 aliphatic heterocycles. The molecule has 0 aromatic carbocycles. The molecule has 76 valence electrons. The molecule has 0 aromatic rings. The predicted molar refractivity (Wildman–Crippen MR) is 54.2 cm³/mol. The average Bonchev–Trinajstić information content (AvgIpc) is 2.12. The van der Waals surface area contributed by atoms with Crippen LogP contribution in [0.4, 0.5) is 0 Å². The van der Waals surface area contributed by atoms with Crippen LogP contribution in [0, 0.1) is 11.8 Å². The van der Waals surface area contributed by atoms with Gasteiger partial charge < -0.3 is 10.2 Å². The Labute approximate surface area is 81.0 Å². The summed E-state index contributed by atoms with van der Waals surface area (Å²) in [6.07, 6.45) is 3.24. The summed E-state index contributed by atoms with van der Waals surface area (Å²) in [4.78, 5) is 0. The molecular formula is C11H20O2. The lowest BCUT2D eigenvalue weighted by Crippen LogP contribution is -2.06. The first-order chi connectivity index (χ1) is 6.20. The van der Waals surface area contributed by atoms with E-state index in [4.69, 9.17) is 0 Å². The normalized spacial score (nSPS) is 14.5. The molecule has 0 rings (SSSR count). The van der Waals surface area contributed by atoms with E-state index in [0.717, 1.165) is 19.3 Å². The molecule has 0 saturated carbocycles. The average molecular weight is 184 g/mol. The predicted octanol–water partition coefficient (Wildman–Crippen LogP) is 1.70. The lowest BCUT2D eigenvalue weighted by atomic mass is 10.1. The molecule has 2 nitrogen and oxygen atoms in total. The molecule has 0 aliphatic carbocycles. The van der Waals surface area contributed by atoms with E-state index >= 15 is 0 Å². The fraction of sp³-hybridized carbons (Fsp3) is 0.818. The number of hydrogen-bond acceptors (Lipinski definition) is 2. The fourth-order valence-electron chi connectivity index (χ4n) is 1.01. The molecule has 0 spiro atoms. The number of rotatable bonds is 5. The maximum Gasteiger partial charge on any atom is 0.114 e. The Bertz CT molecular complexity index is 167. The largest absolute Gasteiger partial charge is 0.380 e. The quantitative estimate of drug-likeness (QED) is 0.638. The second-order valence-corrected chi connectivity index (χ2v) is 3.25. The van der Waals surface area contributed by atoms with Gasteiger partial charge in [-0.2, -0.15) is 0 Å². The zero-order chi connectivity index (χ0) is 10.1. The molecule has 2 atom stereocenters. The second-order valence-electron chi connectivity index (χ2n) is 3.25. The Kier molecular flexibility index (Phi) is 7.77. The standard InChI is InChI=1S/C11H20O2/c1-3-5-7-11(13)9-8-10(12)6-4-2/h10-13H,3-7H2,1-2H3. The molecule has 2 heteroatoms. The van der Waals surface area contributed by atoms with E-state index in [-0.39, 0.29) is 0 Å². The fourth-order valence-corrected chi connectivity index (χ4v) is 1.01. The summed E-state index contributed by atoms with van der Waals surface area (Å²) in [7, 11) is 0. The van der Waals surface area contributed by atoms with Crippen molar-refractivity contribution in [2.24, 2.45) is 0 Å². The van der Waals surface area contributed by atoms with Crippen LogP contribution in [0.5, 0.6) is 0 Å². The smallest absolute Gasteiger partial charge is 0.114 e. The van der Waals surface area contributed by atoms with Crippen molar-refractivity contribution in [2.45, 2.75) is 58.2 Å². The van der Waals surface area contributed by atoms with Crippen LogP contribution in [-0.2, 0) is 0 Å². The molecular weight excluding hydrogens is 164 g/mol. The third-order valence-electron chi connectivity index (χ3n) is 1.81. The van der Waals surface area contributed by atoms with Gasteiger partial charge in [-0.05, 0) is 12.8 Å². The Morgan fingerprint density at radius 1 is 0.923 bits per heavy atom. The van der Waals surface area contributed by atoms with Gasteiger partial charge in [-0.1, -0.05) is 45.0 Å². The Morgan fingerprint density at radius 2 is 1.46 bits per heavy atom. The molecule has 0 aliphatic rings. The van der Waals surface area contributed by atoms with E-state index in [1.807, 2.05) is 6.92 Å². The van der Waals surface area contributed by atoms with Crippen molar-refractivity contribution >= 4 is 0 Å². The molecule has 0 aromatic heterocycles. The number of unbranched alkanes of at least 4 members (excludes halogenated alkanes) is 1. The van der Waals surface area contributed by atoms with Crippen LogP contribution in [0.25, 0.3) is 0 Å². The van der Waals surface area contributed by atoms with E-state index < -0.39 is 12.2 Å². The first-order valence-electron chi connectivity index (χ1n) is 5.07. The number of aliphatic hydroxyl groups is 2. The van der Waals surface area contributed by atoms with Gasteiger partial charge in [-0.15, -0.1) is 0 Å². The topological polar surface area (TPSA) is 40.5 Å². The Morgan fingerprint density at radius 3 is 1.92 bits per heavy atom. The van der Waals surface area contributed by atoms with E-state index in [1.54, 1.807) is 0 Å². The van der Waals surface area contributed by atoms with Crippen LogP contribution in [-0.4, -0.2) is 22.4 Å². The van der Waals surface area contributed by atoms with Crippen molar-refractivity contribution < 1.29 is 10.2 Å². The Balaban J connectivity index is 3.66. The van der Waals surface area contributed by atoms with Crippen LogP contribution in [0.2, 0.25) is 0 Å². The van der Waals surface area contributed by atoms with Gasteiger partial charge in [0.1, 0.15) is 12.2 Å². The van der Waals surface area contributed by atoms with Crippen LogP contribution in [0.1, 0.15) is 46.0 Å². The summed E-state index contributed by atoms with van der Waals surface area (Å²) in [6, 6.07) is 0. The van der Waals surface area contributed by atoms with Gasteiger partial charge in [0.2, 0.25) is 0 Å². The summed E-state index contributed by atoms with van der Waals surface area (Å²) < 4.78 is 0. The van der Waals surface area contributed by atoms with Gasteiger partial charge in [0, 0.05) is 0 Å². The van der Waals surface area contributed by atoms with E-state index in [2.05, 4.69) is 18.8 Å². The lowest BCUT2D eigenvalue weighted by Gasteiger charge is -2.02. The van der Waals surface area contributed by atoms with Gasteiger partial charge in [-0.25, -0.2) is 0 Å². The van der Waals surface area contributed by atoms with Crippen molar-refractivity contribution in [2.75, 3.05) is 0 Å². The maximum absolute atomic E-state index is 9.31. The molecule has 2 unspecified atom stereocenters. The molecule has 0 radical (unpaired) electrons. The third-order valence-corrected chi connectivity index (χ3v) is 1.81. The molecule has 0 fully saturated rings. The summed E-state index contributed by atoms with van der Waals surface area (Å²) in [6.45, 7) is 4.07. The van der Waals surface area contributed by atoms with Crippen molar-refractivity contribution in [3.63, 3.8) is 0 Å². The summed E-state index contributed by atoms with van der Waals surface area (Å²) in [5.74, 6) is 5.31. The highest BCUT2D eigenvalue weighted by Gasteiger charge is 1.99. The van der Waals surface area contributed by atoms with Gasteiger partial charge in [0.15, 0.2) is 0 Å². The van der Waals surface area contributed by atoms with Crippen LogP contribution in [0.3, 0.4) is 0 Å². The zero-order valence-electron chi connectivity index (χ0n) is 8.58. The molecule has 0 heterocycles. The van der Waals surface area contributed by atoms with Crippen molar-refractivity contribution in [1.82, 2.24) is 0 Å². The van der Waals surface area contributed by atoms with Crippen LogP contribution < -0.4 is 0 Å². The van der Waals surface area contributed by atoms with Gasteiger partial charge in [-0.3, -0.25) is 0 Å². The first kappa shape index (κ1) is 12.5. The van der Waals surface area contributed by atoms with Crippen molar-refractivity contribution in [3.05, 3.63) is 0 Å². The lowest BCUT2D eigenvalue weighted by molar-refractivity contribution is 0.209. The minimum absolute atomic E-state index is 0.563. The highest BCUT2D eigenvalue weighted by atomic mass is 16.3. The maximum atomic E-state index is 9.31. The summed E-state index contributed by atoms with van der Waals surface area (Å²) >= 11 is 0. The monoisotopic (exact) mass is 184 g/mol. The first-order valence-corrected chi connectivity index (χ1v) is 5.07. The highest BCUT2D eigenvalue weighted by molar-refractivity contribution is 5.08. The van der Waals surface area contributed by atoms with Crippen LogP contribution >= 0.6 is 0 Å². The minimum atomic E-state index is -0.568. The Hall–Kier alpha value is -0.520. The summed E-state index contributed by atoms with van der Waals surface area (Å²) in [5, 5.41) is 18.6. The number of hydrogen-bond donors (Lipinski definition) is 2. The molecule has 2 N–H and O–H groups in total. The van der Waals surface area contributed by atoms with Crippen molar-refractivity contribution in [3.8, 4) is 11.8 Å². The van der Waals surface area contributed by atoms with Crippen molar-refractivity contribution in [1.29, 1.82) is 0 Å². The third kappa shape index (κ3) is 7.83. The summed E-state index contributed by atoms with van der Waals surface area (Å²) in [5.41, 5.74) is 0. The van der Waals surface area contributed by atoms with E-state index in [9.17, 15) is 10.2 Å². The highest BCUT2D eigenvalue weighted by Crippen LogP contribution is 1.99. The number of aliphatic hydroxyl groups excluding tert-OH is 2. The molecule has 0 amide bonds. The minimum Gasteiger partial charge on any atom is -0.380 e. The van der Waals surface area contributed by atoms with E-state index in [1.165, 1.54) is 0 Å². The van der Waals surface area contributed by atoms with Gasteiger partial charge >= 0.3 is 0 Å². The van der Waals surface area contributed by atoms with Gasteiger partial charge in [0.05, 0.1) is 0 Å². The molecule has 0 saturated heterocycles. The SMILES string of the molecule is CCCCC(O)C#CC(O)CCC. The second kappa shape index (κ2) is 8.10. The molecule has 13 heavy (non-hydrogen) atoms. The van der Waals surface area contributed by atoms with Crippen LogP contribution in [0.15, 0.2) is 0 Å². The zero-order valence-corrected chi connectivity index (χ0v) is 8.58.